The Bertz CT molecular complexity index is 858. The van der Waals surface area contributed by atoms with Gasteiger partial charge in [0.15, 0.2) is 0 Å². The van der Waals surface area contributed by atoms with Gasteiger partial charge < -0.3 is 21.5 Å². The van der Waals surface area contributed by atoms with E-state index in [1.165, 1.54) is 41.8 Å². The molecule has 0 saturated carbocycles. The fourth-order valence-corrected chi connectivity index (χ4v) is 1.98. The van der Waals surface area contributed by atoms with Gasteiger partial charge in [0.1, 0.15) is 11.4 Å². The van der Waals surface area contributed by atoms with Crippen LogP contribution in [0, 0.1) is 0 Å². The molecule has 1 heterocycles. The molecular formula is C17H21N5O4. The van der Waals surface area contributed by atoms with E-state index in [2.05, 4.69) is 15.6 Å². The van der Waals surface area contributed by atoms with Crippen LogP contribution in [0.15, 0.2) is 41.3 Å². The van der Waals surface area contributed by atoms with Crippen molar-refractivity contribution in [3.8, 4) is 0 Å². The molecule has 1 aromatic heterocycles. The van der Waals surface area contributed by atoms with E-state index in [0.29, 0.717) is 17.8 Å². The molecule has 0 saturated heterocycles. The van der Waals surface area contributed by atoms with Crippen LogP contribution in [0.5, 0.6) is 0 Å². The smallest absolute Gasteiger partial charge is 0.349 e. The van der Waals surface area contributed by atoms with Gasteiger partial charge in [-0.25, -0.2) is 4.79 Å². The minimum atomic E-state index is -1.40. The maximum Gasteiger partial charge on any atom is 0.349 e. The van der Waals surface area contributed by atoms with E-state index < -0.39 is 29.6 Å². The van der Waals surface area contributed by atoms with Gasteiger partial charge in [-0.15, -0.1) is 0 Å². The molecule has 0 spiro atoms. The molecule has 26 heavy (non-hydrogen) atoms. The van der Waals surface area contributed by atoms with E-state index in [9.17, 15) is 14.4 Å². The minimum Gasteiger partial charge on any atom is -0.394 e. The second kappa shape index (κ2) is 7.89. The summed E-state index contributed by atoms with van der Waals surface area (Å²) < 4.78 is 1.41. The van der Waals surface area contributed by atoms with Gasteiger partial charge >= 0.3 is 5.69 Å². The largest absolute Gasteiger partial charge is 0.394 e. The summed E-state index contributed by atoms with van der Waals surface area (Å²) in [5.74, 6) is -0.829. The highest BCUT2D eigenvalue weighted by molar-refractivity contribution is 6.04. The monoisotopic (exact) mass is 359 g/mol. The molecule has 2 rings (SSSR count). The van der Waals surface area contributed by atoms with Crippen molar-refractivity contribution in [2.45, 2.75) is 25.9 Å². The molecule has 0 aliphatic rings. The van der Waals surface area contributed by atoms with Crippen LogP contribution in [-0.4, -0.2) is 38.6 Å². The number of rotatable bonds is 6. The Kier molecular flexibility index (Phi) is 5.86. The number of nitrogens with zero attached hydrogens (tertiary/aromatic N) is 2. The first-order valence-corrected chi connectivity index (χ1v) is 7.97. The number of nitrogens with two attached hydrogens (primary N) is 1. The number of hydrogen-bond donors (Lipinski definition) is 4. The summed E-state index contributed by atoms with van der Waals surface area (Å²) in [5, 5.41) is 14.2. The van der Waals surface area contributed by atoms with Crippen LogP contribution in [0.1, 0.15) is 24.2 Å². The number of aromatic nitrogens is 2. The van der Waals surface area contributed by atoms with Gasteiger partial charge in [0.25, 0.3) is 5.91 Å². The topological polar surface area (TPSA) is 139 Å². The van der Waals surface area contributed by atoms with Crippen molar-refractivity contribution in [3.05, 3.63) is 52.6 Å². The molecule has 138 valence electrons. The second-order valence-electron chi connectivity index (χ2n) is 5.94. The fraction of sp³-hybridized carbons (Fsp3) is 0.294. The van der Waals surface area contributed by atoms with Crippen LogP contribution in [0.4, 0.5) is 11.5 Å². The molecule has 9 nitrogen and oxygen atoms in total. The summed E-state index contributed by atoms with van der Waals surface area (Å²) in [7, 11) is 0. The molecule has 0 aliphatic carbocycles. The maximum atomic E-state index is 12.2. The molecule has 0 fully saturated rings. The first kappa shape index (κ1) is 19.3. The Balaban J connectivity index is 2.06. The molecule has 2 amide bonds. The van der Waals surface area contributed by atoms with Crippen molar-refractivity contribution >= 4 is 23.3 Å². The van der Waals surface area contributed by atoms with Crippen LogP contribution in [-0.2, 0) is 11.3 Å². The number of carbonyl (C=O) groups is 2. The van der Waals surface area contributed by atoms with E-state index in [-0.39, 0.29) is 5.82 Å². The molecule has 2 aromatic rings. The number of anilines is 2. The van der Waals surface area contributed by atoms with Crippen LogP contribution in [0.25, 0.3) is 0 Å². The van der Waals surface area contributed by atoms with E-state index in [1.54, 1.807) is 6.20 Å². The summed E-state index contributed by atoms with van der Waals surface area (Å²) >= 11 is 0. The predicted molar refractivity (Wildman–Crippen MR) is 96.9 cm³/mol. The molecule has 1 atom stereocenters. The summed E-state index contributed by atoms with van der Waals surface area (Å²) in [6.45, 7) is 3.22. The Morgan fingerprint density at radius 2 is 1.88 bits per heavy atom. The van der Waals surface area contributed by atoms with E-state index >= 15 is 0 Å². The Labute approximate surface area is 149 Å². The van der Waals surface area contributed by atoms with Gasteiger partial charge in [-0.05, 0) is 44.2 Å². The highest BCUT2D eigenvalue weighted by atomic mass is 16.3. The number of carbonyl (C=O) groups excluding carboxylic acids is 2. The lowest BCUT2D eigenvalue weighted by atomic mass is 10.0. The molecule has 0 radical (unpaired) electrons. The SMILES string of the molecule is CCn1ccc(NC(=O)c2ccc(NC(=O)C(C)(N)CO)cc2)nc1=O. The number of nitrogens with one attached hydrogen (secondary N) is 2. The van der Waals surface area contributed by atoms with Crippen molar-refractivity contribution in [1.29, 1.82) is 0 Å². The third-order valence-corrected chi connectivity index (χ3v) is 3.71. The number of amides is 2. The van der Waals surface area contributed by atoms with Gasteiger partial charge in [0, 0.05) is 24.0 Å². The zero-order valence-corrected chi connectivity index (χ0v) is 14.5. The molecule has 9 heteroatoms. The average Bonchev–Trinajstić information content (AvgIpc) is 2.62. The van der Waals surface area contributed by atoms with Gasteiger partial charge in [-0.1, -0.05) is 0 Å². The van der Waals surface area contributed by atoms with Crippen LogP contribution in [0.2, 0.25) is 0 Å². The molecule has 1 aromatic carbocycles. The van der Waals surface area contributed by atoms with E-state index in [1.807, 2.05) is 6.92 Å². The molecule has 0 aliphatic heterocycles. The third-order valence-electron chi connectivity index (χ3n) is 3.71. The highest BCUT2D eigenvalue weighted by Gasteiger charge is 2.27. The number of aryl methyl sites for hydroxylation is 1. The summed E-state index contributed by atoms with van der Waals surface area (Å²) in [4.78, 5) is 39.6. The molecular weight excluding hydrogens is 338 g/mol. The van der Waals surface area contributed by atoms with Gasteiger partial charge in [-0.3, -0.25) is 14.2 Å². The van der Waals surface area contributed by atoms with Crippen LogP contribution >= 0.6 is 0 Å². The molecule has 1 unspecified atom stereocenters. The van der Waals surface area contributed by atoms with Gasteiger partial charge in [0.2, 0.25) is 5.91 Å². The maximum absolute atomic E-state index is 12.2. The number of hydrogen-bond acceptors (Lipinski definition) is 6. The van der Waals surface area contributed by atoms with E-state index in [0.717, 1.165) is 0 Å². The third kappa shape index (κ3) is 4.52. The number of aliphatic hydroxyl groups is 1. The average molecular weight is 359 g/mol. The first-order valence-electron chi connectivity index (χ1n) is 7.97. The van der Waals surface area contributed by atoms with E-state index in [4.69, 9.17) is 10.8 Å². The Morgan fingerprint density at radius 1 is 1.23 bits per heavy atom. The standard InChI is InChI=1S/C17H21N5O4/c1-3-22-9-8-13(21-16(22)26)20-14(24)11-4-6-12(7-5-11)19-15(25)17(2,18)10-23/h4-9,23H,3,10,18H2,1-2H3,(H,19,25)(H,20,21,24,26). The van der Waals surface area contributed by atoms with Crippen molar-refractivity contribution in [1.82, 2.24) is 9.55 Å². The zero-order valence-electron chi connectivity index (χ0n) is 14.5. The van der Waals surface area contributed by atoms with Crippen molar-refractivity contribution in [3.63, 3.8) is 0 Å². The van der Waals surface area contributed by atoms with Gasteiger partial charge in [-0.2, -0.15) is 4.98 Å². The van der Waals surface area contributed by atoms with Crippen LogP contribution < -0.4 is 22.1 Å². The van der Waals surface area contributed by atoms with Crippen molar-refractivity contribution < 1.29 is 14.7 Å². The predicted octanol–water partition coefficient (Wildman–Crippen LogP) is 0.164. The molecule has 0 bridgehead atoms. The van der Waals surface area contributed by atoms with Crippen molar-refractivity contribution in [2.24, 2.45) is 5.73 Å². The lowest BCUT2D eigenvalue weighted by Crippen LogP contribution is -2.51. The number of benzene rings is 1. The molecule has 5 N–H and O–H groups in total. The van der Waals surface area contributed by atoms with Crippen LogP contribution in [0.3, 0.4) is 0 Å². The summed E-state index contributed by atoms with van der Waals surface area (Å²) in [5.41, 5.74) is 4.55. The Morgan fingerprint density at radius 3 is 2.42 bits per heavy atom. The second-order valence-corrected chi connectivity index (χ2v) is 5.94. The minimum absolute atomic E-state index is 0.156. The summed E-state index contributed by atoms with van der Waals surface area (Å²) in [6, 6.07) is 7.61. The van der Waals surface area contributed by atoms with Crippen molar-refractivity contribution in [2.75, 3.05) is 17.2 Å². The zero-order chi connectivity index (χ0) is 19.3. The Hall–Kier alpha value is -3.04. The fourth-order valence-electron chi connectivity index (χ4n) is 1.98. The first-order chi connectivity index (χ1) is 12.3. The van der Waals surface area contributed by atoms with Gasteiger partial charge in [0.05, 0.1) is 6.61 Å². The number of aliphatic hydroxyl groups excluding tert-OH is 1. The quantitative estimate of drug-likeness (QED) is 0.579. The highest BCUT2D eigenvalue weighted by Crippen LogP contribution is 2.13. The lowest BCUT2D eigenvalue weighted by molar-refractivity contribution is -0.121. The lowest BCUT2D eigenvalue weighted by Gasteiger charge is -2.20. The summed E-state index contributed by atoms with van der Waals surface area (Å²) in [6.07, 6.45) is 1.55. The normalized spacial score (nSPS) is 12.9.